The van der Waals surface area contributed by atoms with Crippen molar-refractivity contribution in [3.8, 4) is 0 Å². The molecule has 0 spiro atoms. The van der Waals surface area contributed by atoms with Crippen molar-refractivity contribution in [2.45, 2.75) is 0 Å². The predicted molar refractivity (Wildman–Crippen MR) is 59.0 cm³/mol. The van der Waals surface area contributed by atoms with E-state index in [1.807, 2.05) is 0 Å². The van der Waals surface area contributed by atoms with E-state index in [2.05, 4.69) is 35.5 Å². The third kappa shape index (κ3) is 3.81. The zero-order valence-electron chi connectivity index (χ0n) is 9.06. The number of halogens is 1. The van der Waals surface area contributed by atoms with Crippen molar-refractivity contribution in [3.05, 3.63) is 33.8 Å². The molecule has 0 saturated heterocycles. The molecule has 0 bridgehead atoms. The molecule has 17 heavy (non-hydrogen) atoms. The fraction of sp³-hybridized carbons (Fsp3) is 0.200. The largest absolute Gasteiger partial charge is 0.373 e. The summed E-state index contributed by atoms with van der Waals surface area (Å²) in [6, 6.07) is 4.25. The second-order valence-corrected chi connectivity index (χ2v) is 3.72. The van der Waals surface area contributed by atoms with Gasteiger partial charge in [0, 0.05) is 4.47 Å². The fourth-order valence-electron chi connectivity index (χ4n) is 1.07. The van der Waals surface area contributed by atoms with Gasteiger partial charge in [0.25, 0.3) is 0 Å². The van der Waals surface area contributed by atoms with Crippen LogP contribution in [0.4, 0.5) is 0 Å². The van der Waals surface area contributed by atoms with Crippen LogP contribution in [0, 0.1) is 0 Å². The van der Waals surface area contributed by atoms with Crippen molar-refractivity contribution in [2.75, 3.05) is 14.2 Å². The molecule has 0 aromatic heterocycles. The molecular formula is C10H9BrO6. The standard InChI is InChI=1S/C10H9BrO6/c1-14-16-9(12)6-3-7(5-8(11)4-6)10(13)17-15-2/h3-5H,1-2H3. The minimum Gasteiger partial charge on any atom is -0.293 e. The van der Waals surface area contributed by atoms with Crippen LogP contribution in [0.25, 0.3) is 0 Å². The Bertz CT molecular complexity index is 395. The van der Waals surface area contributed by atoms with Crippen LogP contribution in [0.15, 0.2) is 22.7 Å². The number of rotatable bonds is 4. The van der Waals surface area contributed by atoms with Gasteiger partial charge in [-0.25, -0.2) is 9.59 Å². The summed E-state index contributed by atoms with van der Waals surface area (Å²) in [7, 11) is 2.41. The highest BCUT2D eigenvalue weighted by atomic mass is 79.9. The van der Waals surface area contributed by atoms with E-state index in [1.54, 1.807) is 0 Å². The van der Waals surface area contributed by atoms with Crippen molar-refractivity contribution in [3.63, 3.8) is 0 Å². The molecule has 0 N–H and O–H groups in total. The van der Waals surface area contributed by atoms with Gasteiger partial charge in [-0.3, -0.25) is 9.78 Å². The van der Waals surface area contributed by atoms with Crippen molar-refractivity contribution in [2.24, 2.45) is 0 Å². The molecule has 6 nitrogen and oxygen atoms in total. The van der Waals surface area contributed by atoms with E-state index >= 15 is 0 Å². The molecule has 0 aliphatic carbocycles. The maximum absolute atomic E-state index is 11.4. The average molecular weight is 305 g/mol. The summed E-state index contributed by atoms with van der Waals surface area (Å²) in [5.41, 5.74) is 0.286. The van der Waals surface area contributed by atoms with Crippen molar-refractivity contribution < 1.29 is 29.1 Å². The first-order valence-corrected chi connectivity index (χ1v) is 5.18. The molecule has 1 aromatic carbocycles. The van der Waals surface area contributed by atoms with Gasteiger partial charge < -0.3 is 0 Å². The van der Waals surface area contributed by atoms with E-state index < -0.39 is 11.9 Å². The molecular weight excluding hydrogens is 296 g/mol. The topological polar surface area (TPSA) is 71.1 Å². The maximum Gasteiger partial charge on any atom is 0.373 e. The summed E-state index contributed by atoms with van der Waals surface area (Å²) < 4.78 is 0.520. The minimum atomic E-state index is -0.722. The number of carbonyl (C=O) groups excluding carboxylic acids is 2. The van der Waals surface area contributed by atoms with Crippen LogP contribution in [0.5, 0.6) is 0 Å². The van der Waals surface area contributed by atoms with Crippen LogP contribution < -0.4 is 0 Å². The van der Waals surface area contributed by atoms with E-state index in [1.165, 1.54) is 32.4 Å². The molecule has 0 unspecified atom stereocenters. The number of hydrogen-bond donors (Lipinski definition) is 0. The highest BCUT2D eigenvalue weighted by molar-refractivity contribution is 9.10. The van der Waals surface area contributed by atoms with E-state index in [0.29, 0.717) is 4.47 Å². The van der Waals surface area contributed by atoms with Crippen molar-refractivity contribution >= 4 is 27.9 Å². The van der Waals surface area contributed by atoms with Crippen LogP contribution >= 0.6 is 15.9 Å². The van der Waals surface area contributed by atoms with Crippen LogP contribution in [-0.4, -0.2) is 26.2 Å². The lowest BCUT2D eigenvalue weighted by Crippen LogP contribution is -2.08. The van der Waals surface area contributed by atoms with Gasteiger partial charge in [-0.1, -0.05) is 15.9 Å². The smallest absolute Gasteiger partial charge is 0.293 e. The Balaban J connectivity index is 3.01. The van der Waals surface area contributed by atoms with Gasteiger partial charge >= 0.3 is 11.9 Å². The second kappa shape index (κ2) is 6.33. The molecule has 0 saturated carbocycles. The lowest BCUT2D eigenvalue weighted by Gasteiger charge is -2.04. The lowest BCUT2D eigenvalue weighted by molar-refractivity contribution is -0.216. The van der Waals surface area contributed by atoms with Gasteiger partial charge in [0.05, 0.1) is 25.3 Å². The molecule has 0 amide bonds. The van der Waals surface area contributed by atoms with Crippen molar-refractivity contribution in [1.82, 2.24) is 0 Å². The van der Waals surface area contributed by atoms with Crippen LogP contribution in [0.1, 0.15) is 20.7 Å². The van der Waals surface area contributed by atoms with Gasteiger partial charge in [0.2, 0.25) is 0 Å². The number of hydrogen-bond acceptors (Lipinski definition) is 6. The Morgan fingerprint density at radius 2 is 1.35 bits per heavy atom. The Hall–Kier alpha value is -1.44. The molecule has 1 rings (SSSR count). The summed E-state index contributed by atoms with van der Waals surface area (Å²) in [6.45, 7) is 0. The SMILES string of the molecule is COOC(=O)c1cc(Br)cc(C(=O)OOC)c1. The third-order valence-electron chi connectivity index (χ3n) is 1.69. The van der Waals surface area contributed by atoms with E-state index in [9.17, 15) is 9.59 Å². The van der Waals surface area contributed by atoms with Gasteiger partial charge in [-0.15, -0.1) is 0 Å². The average Bonchev–Trinajstić information content (AvgIpc) is 2.29. The highest BCUT2D eigenvalue weighted by Gasteiger charge is 2.15. The molecule has 0 aliphatic heterocycles. The van der Waals surface area contributed by atoms with E-state index in [4.69, 9.17) is 0 Å². The van der Waals surface area contributed by atoms with E-state index in [0.717, 1.165) is 0 Å². The quantitative estimate of drug-likeness (QED) is 0.625. The second-order valence-electron chi connectivity index (χ2n) is 2.80. The molecule has 0 atom stereocenters. The summed E-state index contributed by atoms with van der Waals surface area (Å²) in [6.07, 6.45) is 0. The van der Waals surface area contributed by atoms with Crippen molar-refractivity contribution in [1.29, 1.82) is 0 Å². The normalized spacial score (nSPS) is 9.82. The molecule has 1 aromatic rings. The summed E-state index contributed by atoms with van der Waals surface area (Å²) >= 11 is 3.15. The van der Waals surface area contributed by atoms with Crippen LogP contribution in [-0.2, 0) is 19.6 Å². The Morgan fingerprint density at radius 3 is 1.71 bits per heavy atom. The Morgan fingerprint density at radius 1 is 0.941 bits per heavy atom. The molecule has 92 valence electrons. The molecule has 0 heterocycles. The van der Waals surface area contributed by atoms with Gasteiger partial charge in [-0.05, 0) is 18.2 Å². The third-order valence-corrected chi connectivity index (χ3v) is 2.15. The number of carbonyl (C=O) groups is 2. The first kappa shape index (κ1) is 13.6. The Labute approximate surface area is 105 Å². The molecule has 0 fully saturated rings. The van der Waals surface area contributed by atoms with Gasteiger partial charge in [0.1, 0.15) is 0 Å². The molecule has 0 aliphatic rings. The molecule has 0 radical (unpaired) electrons. The number of benzene rings is 1. The summed E-state index contributed by atoms with van der Waals surface area (Å²) in [4.78, 5) is 39.9. The van der Waals surface area contributed by atoms with Gasteiger partial charge in [0.15, 0.2) is 0 Å². The predicted octanol–water partition coefficient (Wildman–Crippen LogP) is 1.89. The monoisotopic (exact) mass is 304 g/mol. The maximum atomic E-state index is 11.4. The van der Waals surface area contributed by atoms with Gasteiger partial charge in [-0.2, -0.15) is 9.78 Å². The first-order chi connectivity index (χ1) is 8.08. The van der Waals surface area contributed by atoms with E-state index in [-0.39, 0.29) is 11.1 Å². The van der Waals surface area contributed by atoms with Crippen LogP contribution in [0.2, 0.25) is 0 Å². The Kier molecular flexibility index (Phi) is 5.08. The lowest BCUT2D eigenvalue weighted by atomic mass is 10.1. The summed E-state index contributed by atoms with van der Waals surface area (Å²) in [5, 5.41) is 0. The first-order valence-electron chi connectivity index (χ1n) is 4.39. The fourth-order valence-corrected chi connectivity index (χ4v) is 1.57. The van der Waals surface area contributed by atoms with Crippen LogP contribution in [0.3, 0.4) is 0 Å². The zero-order chi connectivity index (χ0) is 12.8. The zero-order valence-corrected chi connectivity index (χ0v) is 10.6. The highest BCUT2D eigenvalue weighted by Crippen LogP contribution is 2.17. The minimum absolute atomic E-state index is 0.143. The summed E-state index contributed by atoms with van der Waals surface area (Å²) in [5.74, 6) is -1.44. The molecule has 7 heteroatoms.